The highest BCUT2D eigenvalue weighted by atomic mass is 16.6. The number of allylic oxidation sites excluding steroid dienone is 2. The first-order chi connectivity index (χ1) is 12.9. The Labute approximate surface area is 159 Å². The highest BCUT2D eigenvalue weighted by Gasteiger charge is 2.61. The second-order valence-corrected chi connectivity index (χ2v) is 7.47. The van der Waals surface area contributed by atoms with Gasteiger partial charge in [0, 0.05) is 18.5 Å². The molecule has 0 aromatic heterocycles. The number of piperidine rings is 1. The maximum absolute atomic E-state index is 9.00. The molecule has 6 nitrogen and oxygen atoms in total. The Hall–Kier alpha value is -2.47. The molecule has 144 valence electrons. The second kappa shape index (κ2) is 6.30. The molecule has 2 heterocycles. The van der Waals surface area contributed by atoms with Crippen LogP contribution < -0.4 is 9.47 Å². The molecule has 1 N–H and O–H groups in total. The number of likely N-dealkylation sites (tertiary alicyclic amines) is 1. The maximum atomic E-state index is 9.00. The monoisotopic (exact) mass is 371 g/mol. The van der Waals surface area contributed by atoms with Crippen LogP contribution in [0.1, 0.15) is 24.5 Å². The van der Waals surface area contributed by atoms with E-state index < -0.39 is 5.97 Å². The number of ether oxygens (including phenoxy) is 3. The SMILES string of the molecule is CC(=O)O.COC1=CC=C2[C@H]3Cc4ccc(OC)c5c4[C@@]2(CCN3C)[C@H]1O5. The number of hydrogen-bond donors (Lipinski definition) is 1. The molecule has 4 aliphatic rings. The zero-order valence-electron chi connectivity index (χ0n) is 16.1. The average Bonchev–Trinajstić information content (AvgIpc) is 2.98. The minimum atomic E-state index is -0.833. The van der Waals surface area contributed by atoms with Crippen LogP contribution in [0.15, 0.2) is 35.6 Å². The second-order valence-electron chi connectivity index (χ2n) is 7.47. The van der Waals surface area contributed by atoms with Gasteiger partial charge in [0.15, 0.2) is 17.6 Å². The quantitative estimate of drug-likeness (QED) is 0.862. The van der Waals surface area contributed by atoms with Gasteiger partial charge in [0.25, 0.3) is 5.97 Å². The van der Waals surface area contributed by atoms with Crippen molar-refractivity contribution in [3.05, 3.63) is 46.7 Å². The van der Waals surface area contributed by atoms with Crippen LogP contribution in [-0.2, 0) is 21.4 Å². The molecule has 1 saturated heterocycles. The summed E-state index contributed by atoms with van der Waals surface area (Å²) in [6, 6.07) is 4.72. The molecule has 27 heavy (non-hydrogen) atoms. The fourth-order valence-electron chi connectivity index (χ4n) is 5.10. The summed E-state index contributed by atoms with van der Waals surface area (Å²) in [6.45, 7) is 2.16. The van der Waals surface area contributed by atoms with Crippen LogP contribution >= 0.6 is 0 Å². The lowest BCUT2D eigenvalue weighted by molar-refractivity contribution is -0.134. The lowest BCUT2D eigenvalue weighted by Crippen LogP contribution is -2.58. The number of carboxylic acid groups (broad SMARTS) is 1. The molecule has 2 bridgehead atoms. The summed E-state index contributed by atoms with van der Waals surface area (Å²) in [5, 5.41) is 7.42. The van der Waals surface area contributed by atoms with E-state index in [1.807, 2.05) is 6.07 Å². The third-order valence-electron chi connectivity index (χ3n) is 6.16. The Balaban J connectivity index is 0.000000413. The van der Waals surface area contributed by atoms with E-state index in [4.69, 9.17) is 24.1 Å². The number of carboxylic acids is 1. The Bertz CT molecular complexity index is 854. The molecule has 6 heteroatoms. The summed E-state index contributed by atoms with van der Waals surface area (Å²) in [5.74, 6) is 1.84. The van der Waals surface area contributed by atoms with Crippen molar-refractivity contribution in [3.63, 3.8) is 0 Å². The van der Waals surface area contributed by atoms with Gasteiger partial charge in [-0.2, -0.15) is 0 Å². The Morgan fingerprint density at radius 1 is 1.30 bits per heavy atom. The van der Waals surface area contributed by atoms with Gasteiger partial charge >= 0.3 is 0 Å². The van der Waals surface area contributed by atoms with Crippen molar-refractivity contribution in [2.45, 2.75) is 37.3 Å². The molecule has 0 amide bonds. The van der Waals surface area contributed by atoms with Crippen LogP contribution in [0, 0.1) is 0 Å². The van der Waals surface area contributed by atoms with E-state index >= 15 is 0 Å². The average molecular weight is 371 g/mol. The third kappa shape index (κ3) is 2.39. The van der Waals surface area contributed by atoms with Crippen molar-refractivity contribution in [3.8, 4) is 11.5 Å². The van der Waals surface area contributed by atoms with Crippen molar-refractivity contribution in [2.24, 2.45) is 0 Å². The molecule has 5 rings (SSSR count). The van der Waals surface area contributed by atoms with Gasteiger partial charge in [0.1, 0.15) is 5.76 Å². The minimum absolute atomic E-state index is 0.0611. The lowest BCUT2D eigenvalue weighted by atomic mass is 9.57. The van der Waals surface area contributed by atoms with Gasteiger partial charge < -0.3 is 19.3 Å². The molecule has 3 atom stereocenters. The summed E-state index contributed by atoms with van der Waals surface area (Å²) in [7, 11) is 5.68. The van der Waals surface area contributed by atoms with Crippen LogP contribution in [0.3, 0.4) is 0 Å². The summed E-state index contributed by atoms with van der Waals surface area (Å²) in [5.41, 5.74) is 4.15. The van der Waals surface area contributed by atoms with Gasteiger partial charge in [0.2, 0.25) is 0 Å². The predicted octanol–water partition coefficient (Wildman–Crippen LogP) is 2.52. The van der Waals surface area contributed by atoms with E-state index in [1.54, 1.807) is 14.2 Å². The Morgan fingerprint density at radius 2 is 2.04 bits per heavy atom. The van der Waals surface area contributed by atoms with E-state index in [-0.39, 0.29) is 11.5 Å². The molecule has 1 fully saturated rings. The number of rotatable bonds is 2. The number of carbonyl (C=O) groups is 1. The van der Waals surface area contributed by atoms with Crippen molar-refractivity contribution in [1.82, 2.24) is 4.90 Å². The summed E-state index contributed by atoms with van der Waals surface area (Å²) >= 11 is 0. The molecule has 1 aromatic carbocycles. The number of likely N-dealkylation sites (N-methyl/N-ethyl adjacent to an activating group) is 1. The first kappa shape index (κ1) is 17.9. The number of methoxy groups -OCH3 is 2. The van der Waals surface area contributed by atoms with Crippen LogP contribution in [-0.4, -0.2) is 55.9 Å². The fraction of sp³-hybridized carbons (Fsp3) is 0.476. The van der Waals surface area contributed by atoms with Crippen LogP contribution in [0.4, 0.5) is 0 Å². The van der Waals surface area contributed by atoms with Gasteiger partial charge in [-0.25, -0.2) is 0 Å². The fourth-order valence-corrected chi connectivity index (χ4v) is 5.10. The van der Waals surface area contributed by atoms with Crippen LogP contribution in [0.5, 0.6) is 11.5 Å². The summed E-state index contributed by atoms with van der Waals surface area (Å²) < 4.78 is 17.7. The standard InChI is InChI=1S/C19H21NO3.C2H4O2/c1-20-9-8-19-12-5-7-15(22-3)18(19)23-17-14(21-2)6-4-11(16(17)19)10-13(12)20;1-2(3)4/h4-7,13,18H,8-10H2,1-3H3;1H3,(H,3,4)/t13-,18+,19+;/m1./s1. The van der Waals surface area contributed by atoms with Gasteiger partial charge in [-0.3, -0.25) is 9.69 Å². The summed E-state index contributed by atoms with van der Waals surface area (Å²) in [4.78, 5) is 11.5. The van der Waals surface area contributed by atoms with E-state index in [2.05, 4.69) is 30.2 Å². The lowest BCUT2D eigenvalue weighted by Gasteiger charge is -2.52. The zero-order chi connectivity index (χ0) is 19.3. The van der Waals surface area contributed by atoms with Crippen molar-refractivity contribution < 1.29 is 24.1 Å². The van der Waals surface area contributed by atoms with Gasteiger partial charge in [0.05, 0.1) is 19.6 Å². The molecule has 2 aliphatic heterocycles. The molecule has 0 saturated carbocycles. The van der Waals surface area contributed by atoms with Gasteiger partial charge in [-0.05, 0) is 49.7 Å². The van der Waals surface area contributed by atoms with E-state index in [0.717, 1.165) is 43.6 Å². The maximum Gasteiger partial charge on any atom is 0.300 e. The summed E-state index contributed by atoms with van der Waals surface area (Å²) in [6.07, 6.45) is 6.41. The van der Waals surface area contributed by atoms with Gasteiger partial charge in [-0.15, -0.1) is 0 Å². The highest BCUT2D eigenvalue weighted by molar-refractivity contribution is 5.67. The van der Waals surface area contributed by atoms with E-state index in [0.29, 0.717) is 6.04 Å². The predicted molar refractivity (Wildman–Crippen MR) is 100 cm³/mol. The van der Waals surface area contributed by atoms with E-state index in [1.165, 1.54) is 16.7 Å². The number of aliphatic carboxylic acids is 1. The molecular formula is C21H25NO5. The van der Waals surface area contributed by atoms with Crippen LogP contribution in [0.2, 0.25) is 0 Å². The molecule has 0 radical (unpaired) electrons. The number of benzene rings is 1. The molecule has 0 unspecified atom stereocenters. The largest absolute Gasteiger partial charge is 0.497 e. The number of nitrogens with zero attached hydrogens (tertiary/aromatic N) is 1. The van der Waals surface area contributed by atoms with Gasteiger partial charge in [-0.1, -0.05) is 12.1 Å². The molecular weight excluding hydrogens is 346 g/mol. The molecule has 1 aromatic rings. The highest BCUT2D eigenvalue weighted by Crippen LogP contribution is 2.62. The first-order valence-electron chi connectivity index (χ1n) is 9.17. The van der Waals surface area contributed by atoms with Crippen molar-refractivity contribution in [1.29, 1.82) is 0 Å². The topological polar surface area (TPSA) is 68.2 Å². The third-order valence-corrected chi connectivity index (χ3v) is 6.16. The Morgan fingerprint density at radius 3 is 2.70 bits per heavy atom. The molecule has 2 aliphatic carbocycles. The Kier molecular flexibility index (Phi) is 4.18. The van der Waals surface area contributed by atoms with Crippen LogP contribution in [0.25, 0.3) is 0 Å². The molecule has 1 spiro atoms. The van der Waals surface area contributed by atoms with E-state index in [9.17, 15) is 0 Å². The van der Waals surface area contributed by atoms with Crippen molar-refractivity contribution >= 4 is 5.97 Å². The smallest absolute Gasteiger partial charge is 0.300 e. The normalized spacial score (nSPS) is 29.3. The van der Waals surface area contributed by atoms with Crippen molar-refractivity contribution in [2.75, 3.05) is 27.8 Å². The number of hydrogen-bond acceptors (Lipinski definition) is 5. The zero-order valence-corrected chi connectivity index (χ0v) is 16.1. The first-order valence-corrected chi connectivity index (χ1v) is 9.17. The minimum Gasteiger partial charge on any atom is -0.497 e.